The van der Waals surface area contributed by atoms with Crippen molar-refractivity contribution in [1.29, 1.82) is 0 Å². The van der Waals surface area contributed by atoms with Crippen molar-refractivity contribution in [3.63, 3.8) is 0 Å². The van der Waals surface area contributed by atoms with E-state index in [0.29, 0.717) is 30.9 Å². The van der Waals surface area contributed by atoms with Gasteiger partial charge < -0.3 is 15.5 Å². The lowest BCUT2D eigenvalue weighted by Crippen LogP contribution is -2.29. The van der Waals surface area contributed by atoms with E-state index < -0.39 is 0 Å². The Morgan fingerprint density at radius 3 is 2.67 bits per heavy atom. The molecule has 1 aromatic heterocycles. The summed E-state index contributed by atoms with van der Waals surface area (Å²) in [5, 5.41) is 5.91. The average Bonchev–Trinajstić information content (AvgIpc) is 3.05. The molecule has 0 unspecified atom stereocenters. The molecule has 1 saturated heterocycles. The van der Waals surface area contributed by atoms with Gasteiger partial charge in [-0.25, -0.2) is 4.98 Å². The third kappa shape index (κ3) is 3.87. The number of hydrogen-bond donors (Lipinski definition) is 2. The average molecular weight is 325 g/mol. The fraction of sp³-hybridized carbons (Fsp3) is 0.294. The minimum Gasteiger partial charge on any atom is -0.367 e. The monoisotopic (exact) mass is 325 g/mol. The molecule has 1 aromatic carbocycles. The van der Waals surface area contributed by atoms with Gasteiger partial charge in [0.05, 0.1) is 6.20 Å². The standard InChI is InChI=1S/C17H19N5O2/c23-16-2-1-11-22(16)14-5-3-13(4-6-14)17(24)21-10-9-20-15-12-18-7-8-19-15/h3-8,12H,1-2,9-11H2,(H,19,20)(H,21,24). The molecule has 2 aromatic rings. The smallest absolute Gasteiger partial charge is 0.251 e. The van der Waals surface area contributed by atoms with Crippen molar-refractivity contribution in [2.45, 2.75) is 12.8 Å². The summed E-state index contributed by atoms with van der Waals surface area (Å²) in [6, 6.07) is 7.12. The first-order valence-electron chi connectivity index (χ1n) is 7.92. The normalized spacial score (nSPS) is 13.8. The van der Waals surface area contributed by atoms with Gasteiger partial charge in [-0.1, -0.05) is 0 Å². The summed E-state index contributed by atoms with van der Waals surface area (Å²) < 4.78 is 0. The van der Waals surface area contributed by atoms with Crippen LogP contribution in [0.2, 0.25) is 0 Å². The van der Waals surface area contributed by atoms with Crippen LogP contribution in [-0.4, -0.2) is 41.4 Å². The van der Waals surface area contributed by atoms with Crippen molar-refractivity contribution < 1.29 is 9.59 Å². The lowest BCUT2D eigenvalue weighted by molar-refractivity contribution is -0.117. The Bertz CT molecular complexity index is 703. The highest BCUT2D eigenvalue weighted by Gasteiger charge is 2.21. The summed E-state index contributed by atoms with van der Waals surface area (Å²) >= 11 is 0. The first kappa shape index (κ1) is 15.9. The Morgan fingerprint density at radius 2 is 2.00 bits per heavy atom. The maximum absolute atomic E-state index is 12.1. The molecule has 2 N–H and O–H groups in total. The van der Waals surface area contributed by atoms with E-state index in [-0.39, 0.29) is 11.8 Å². The van der Waals surface area contributed by atoms with Crippen LogP contribution in [0.15, 0.2) is 42.9 Å². The van der Waals surface area contributed by atoms with Crippen LogP contribution < -0.4 is 15.5 Å². The van der Waals surface area contributed by atoms with Crippen LogP contribution in [0.25, 0.3) is 0 Å². The number of rotatable bonds is 6. The minimum atomic E-state index is -0.143. The first-order chi connectivity index (χ1) is 11.7. The number of carbonyl (C=O) groups is 2. The molecule has 2 heterocycles. The van der Waals surface area contributed by atoms with Gasteiger partial charge in [0.15, 0.2) is 0 Å². The predicted octanol–water partition coefficient (Wildman–Crippen LogP) is 1.45. The second-order valence-corrected chi connectivity index (χ2v) is 5.47. The Morgan fingerprint density at radius 1 is 1.17 bits per heavy atom. The second kappa shape index (κ2) is 7.54. The molecule has 1 aliphatic heterocycles. The van der Waals surface area contributed by atoms with Crippen molar-refractivity contribution in [2.24, 2.45) is 0 Å². The van der Waals surface area contributed by atoms with Crippen molar-refractivity contribution in [3.05, 3.63) is 48.4 Å². The summed E-state index contributed by atoms with van der Waals surface area (Å²) in [6.45, 7) is 1.78. The van der Waals surface area contributed by atoms with E-state index >= 15 is 0 Å². The molecule has 0 aliphatic carbocycles. The van der Waals surface area contributed by atoms with Crippen molar-refractivity contribution in [2.75, 3.05) is 29.9 Å². The molecule has 3 rings (SSSR count). The lowest BCUT2D eigenvalue weighted by atomic mass is 10.2. The molecule has 0 atom stereocenters. The van der Waals surface area contributed by atoms with Gasteiger partial charge in [-0.15, -0.1) is 0 Å². The number of hydrogen-bond acceptors (Lipinski definition) is 5. The highest BCUT2D eigenvalue weighted by atomic mass is 16.2. The van der Waals surface area contributed by atoms with E-state index in [9.17, 15) is 9.59 Å². The second-order valence-electron chi connectivity index (χ2n) is 5.47. The van der Waals surface area contributed by atoms with E-state index in [1.54, 1.807) is 35.6 Å². The largest absolute Gasteiger partial charge is 0.367 e. The van der Waals surface area contributed by atoms with E-state index in [2.05, 4.69) is 20.6 Å². The molecule has 0 radical (unpaired) electrons. The highest BCUT2D eigenvalue weighted by molar-refractivity contribution is 5.97. The van der Waals surface area contributed by atoms with Gasteiger partial charge in [0.1, 0.15) is 5.82 Å². The third-order valence-electron chi connectivity index (χ3n) is 3.79. The fourth-order valence-electron chi connectivity index (χ4n) is 2.57. The molecule has 7 heteroatoms. The quantitative estimate of drug-likeness (QED) is 0.785. The molecule has 1 aliphatic rings. The van der Waals surface area contributed by atoms with Crippen molar-refractivity contribution in [1.82, 2.24) is 15.3 Å². The van der Waals surface area contributed by atoms with Gasteiger partial charge in [-0.3, -0.25) is 14.6 Å². The number of aromatic nitrogens is 2. The van der Waals surface area contributed by atoms with Gasteiger partial charge >= 0.3 is 0 Å². The van der Waals surface area contributed by atoms with Gasteiger partial charge in [0.25, 0.3) is 5.91 Å². The number of anilines is 2. The number of nitrogens with one attached hydrogen (secondary N) is 2. The lowest BCUT2D eigenvalue weighted by Gasteiger charge is -2.15. The first-order valence-corrected chi connectivity index (χ1v) is 7.92. The van der Waals surface area contributed by atoms with Crippen molar-refractivity contribution >= 4 is 23.3 Å². The Hall–Kier alpha value is -2.96. The zero-order valence-corrected chi connectivity index (χ0v) is 13.2. The predicted molar refractivity (Wildman–Crippen MR) is 90.9 cm³/mol. The number of benzene rings is 1. The van der Waals surface area contributed by atoms with E-state index in [1.165, 1.54) is 0 Å². The molecule has 124 valence electrons. The Kier molecular flexibility index (Phi) is 5.00. The van der Waals surface area contributed by atoms with Crippen LogP contribution >= 0.6 is 0 Å². The zero-order valence-electron chi connectivity index (χ0n) is 13.2. The number of carbonyl (C=O) groups excluding carboxylic acids is 2. The van der Waals surface area contributed by atoms with E-state index in [0.717, 1.165) is 18.7 Å². The molecule has 24 heavy (non-hydrogen) atoms. The molecule has 7 nitrogen and oxygen atoms in total. The van der Waals surface area contributed by atoms with Crippen LogP contribution in [0.1, 0.15) is 23.2 Å². The molecular weight excluding hydrogens is 306 g/mol. The summed E-state index contributed by atoms with van der Waals surface area (Å²) in [7, 11) is 0. The van der Waals surface area contributed by atoms with Gasteiger partial charge in [0.2, 0.25) is 5.91 Å². The molecule has 1 fully saturated rings. The summed E-state index contributed by atoms with van der Waals surface area (Å²) in [5.74, 6) is 0.670. The topological polar surface area (TPSA) is 87.2 Å². The maximum Gasteiger partial charge on any atom is 0.251 e. The number of nitrogens with zero attached hydrogens (tertiary/aromatic N) is 3. The highest BCUT2D eigenvalue weighted by Crippen LogP contribution is 2.21. The Labute approximate surface area is 140 Å². The maximum atomic E-state index is 12.1. The molecular formula is C17H19N5O2. The van der Waals surface area contributed by atoms with Crippen molar-refractivity contribution in [3.8, 4) is 0 Å². The molecule has 0 saturated carbocycles. The minimum absolute atomic E-state index is 0.141. The van der Waals surface area contributed by atoms with Gasteiger partial charge in [-0.2, -0.15) is 0 Å². The van der Waals surface area contributed by atoms with Crippen LogP contribution in [0, 0.1) is 0 Å². The summed E-state index contributed by atoms with van der Waals surface area (Å²) in [6.07, 6.45) is 6.32. The SMILES string of the molecule is O=C(NCCNc1cnccn1)c1ccc(N2CCCC2=O)cc1. The molecule has 0 bridgehead atoms. The van der Waals surface area contributed by atoms with E-state index in [4.69, 9.17) is 0 Å². The number of amides is 2. The Balaban J connectivity index is 1.47. The van der Waals surface area contributed by atoms with Gasteiger partial charge in [0, 0.05) is 49.7 Å². The molecule has 2 amide bonds. The van der Waals surface area contributed by atoms with Crippen LogP contribution in [0.5, 0.6) is 0 Å². The zero-order chi connectivity index (χ0) is 16.8. The van der Waals surface area contributed by atoms with Crippen LogP contribution in [-0.2, 0) is 4.79 Å². The summed E-state index contributed by atoms with van der Waals surface area (Å²) in [4.78, 5) is 33.6. The van der Waals surface area contributed by atoms with Gasteiger partial charge in [-0.05, 0) is 30.7 Å². The molecule has 0 spiro atoms. The van der Waals surface area contributed by atoms with Crippen LogP contribution in [0.3, 0.4) is 0 Å². The van der Waals surface area contributed by atoms with E-state index in [1.807, 2.05) is 12.1 Å². The van der Waals surface area contributed by atoms with Crippen LogP contribution in [0.4, 0.5) is 11.5 Å². The summed E-state index contributed by atoms with van der Waals surface area (Å²) in [5.41, 5.74) is 1.42. The fourth-order valence-corrected chi connectivity index (χ4v) is 2.57. The third-order valence-corrected chi connectivity index (χ3v) is 3.79.